The van der Waals surface area contributed by atoms with Gasteiger partial charge in [-0.2, -0.15) is 10.1 Å². The fourth-order valence-electron chi connectivity index (χ4n) is 3.37. The number of hydrogen-bond acceptors (Lipinski definition) is 6. The fourth-order valence-corrected chi connectivity index (χ4v) is 3.37. The maximum atomic E-state index is 4.79. The van der Waals surface area contributed by atoms with Gasteiger partial charge in [-0.05, 0) is 25.3 Å². The maximum absolute atomic E-state index is 4.79. The first kappa shape index (κ1) is 18.6. The van der Waals surface area contributed by atoms with Crippen LogP contribution in [0, 0.1) is 12.8 Å². The number of hydrogen-bond donors (Lipinski definition) is 1. The Labute approximate surface area is 156 Å². The van der Waals surface area contributed by atoms with E-state index in [-0.39, 0.29) is 0 Å². The van der Waals surface area contributed by atoms with Crippen LogP contribution in [0.5, 0.6) is 0 Å². The van der Waals surface area contributed by atoms with Crippen molar-refractivity contribution in [3.8, 4) is 0 Å². The normalized spacial score (nSPS) is 15.0. The van der Waals surface area contributed by atoms with E-state index in [4.69, 9.17) is 5.10 Å². The molecule has 2 aromatic rings. The molecule has 0 unspecified atom stereocenters. The van der Waals surface area contributed by atoms with Crippen molar-refractivity contribution < 1.29 is 0 Å². The highest BCUT2D eigenvalue weighted by Gasteiger charge is 2.17. The second kappa shape index (κ2) is 8.03. The van der Waals surface area contributed by atoms with E-state index in [1.165, 1.54) is 5.69 Å². The van der Waals surface area contributed by atoms with Crippen molar-refractivity contribution in [1.82, 2.24) is 24.6 Å². The molecule has 2 aromatic heterocycles. The second-order valence-electron chi connectivity index (χ2n) is 7.78. The Morgan fingerprint density at radius 2 is 2.00 bits per heavy atom. The third-order valence-corrected chi connectivity index (χ3v) is 4.46. The summed E-state index contributed by atoms with van der Waals surface area (Å²) in [7, 11) is 3.90. The zero-order chi connectivity index (χ0) is 18.7. The van der Waals surface area contributed by atoms with Crippen LogP contribution in [0.15, 0.2) is 12.1 Å². The van der Waals surface area contributed by atoms with Crippen LogP contribution < -0.4 is 10.2 Å². The molecule has 0 bridgehead atoms. The highest BCUT2D eigenvalue weighted by molar-refractivity contribution is 5.43. The van der Waals surface area contributed by atoms with Gasteiger partial charge in [0.1, 0.15) is 5.82 Å². The molecule has 0 spiro atoms. The average molecular weight is 358 g/mol. The number of anilines is 2. The molecule has 3 heterocycles. The molecule has 0 aromatic carbocycles. The van der Waals surface area contributed by atoms with E-state index >= 15 is 0 Å². The van der Waals surface area contributed by atoms with Crippen molar-refractivity contribution in [1.29, 1.82) is 0 Å². The Morgan fingerprint density at radius 3 is 2.73 bits per heavy atom. The molecule has 7 heteroatoms. The molecule has 0 fully saturated rings. The molecule has 0 amide bonds. The molecule has 1 N–H and O–H groups in total. The van der Waals surface area contributed by atoms with Crippen LogP contribution in [0.1, 0.15) is 37.4 Å². The fraction of sp³-hybridized carbons (Fsp3) is 0.632. The SMILES string of the molecule is Cc1cc(NCc2cc3n(n2)CCCN(CC(C)C)C3)nc(N(C)C)n1. The van der Waals surface area contributed by atoms with Gasteiger partial charge in [0.05, 0.1) is 17.9 Å². The summed E-state index contributed by atoms with van der Waals surface area (Å²) in [5, 5.41) is 8.19. The zero-order valence-electron chi connectivity index (χ0n) is 16.7. The summed E-state index contributed by atoms with van der Waals surface area (Å²) in [6.45, 7) is 11.5. The Morgan fingerprint density at radius 1 is 1.19 bits per heavy atom. The van der Waals surface area contributed by atoms with E-state index in [1.807, 2.05) is 32.0 Å². The number of aryl methyl sites for hydroxylation is 2. The minimum Gasteiger partial charge on any atom is -0.364 e. The Hall–Kier alpha value is -2.15. The summed E-state index contributed by atoms with van der Waals surface area (Å²) >= 11 is 0. The summed E-state index contributed by atoms with van der Waals surface area (Å²) in [6, 6.07) is 4.20. The van der Waals surface area contributed by atoms with Gasteiger partial charge in [0.2, 0.25) is 5.95 Å². The Kier molecular flexibility index (Phi) is 5.76. The lowest BCUT2D eigenvalue weighted by atomic mass is 10.2. The number of rotatable bonds is 6. The van der Waals surface area contributed by atoms with Crippen LogP contribution in [-0.4, -0.2) is 51.8 Å². The van der Waals surface area contributed by atoms with Crippen molar-refractivity contribution in [3.63, 3.8) is 0 Å². The van der Waals surface area contributed by atoms with E-state index in [0.29, 0.717) is 12.5 Å². The zero-order valence-corrected chi connectivity index (χ0v) is 16.7. The van der Waals surface area contributed by atoms with Crippen molar-refractivity contribution in [2.75, 3.05) is 37.4 Å². The van der Waals surface area contributed by atoms with Crippen LogP contribution in [0.25, 0.3) is 0 Å². The van der Waals surface area contributed by atoms with E-state index in [0.717, 1.165) is 55.8 Å². The molecule has 0 radical (unpaired) electrons. The maximum Gasteiger partial charge on any atom is 0.226 e. The van der Waals surface area contributed by atoms with Crippen molar-refractivity contribution in [2.24, 2.45) is 5.92 Å². The highest BCUT2D eigenvalue weighted by atomic mass is 15.3. The summed E-state index contributed by atoms with van der Waals surface area (Å²) < 4.78 is 2.17. The first-order chi connectivity index (χ1) is 12.4. The minimum absolute atomic E-state index is 0.674. The van der Waals surface area contributed by atoms with Gasteiger partial charge in [0.25, 0.3) is 0 Å². The molecular formula is C19H31N7. The van der Waals surface area contributed by atoms with Crippen molar-refractivity contribution >= 4 is 11.8 Å². The summed E-state index contributed by atoms with van der Waals surface area (Å²) in [6.07, 6.45) is 1.16. The number of nitrogens with zero attached hydrogens (tertiary/aromatic N) is 6. The van der Waals surface area contributed by atoms with Gasteiger partial charge < -0.3 is 10.2 Å². The summed E-state index contributed by atoms with van der Waals surface area (Å²) in [4.78, 5) is 13.4. The first-order valence-corrected chi connectivity index (χ1v) is 9.45. The van der Waals surface area contributed by atoms with Crippen molar-refractivity contribution in [3.05, 3.63) is 29.2 Å². The quantitative estimate of drug-likeness (QED) is 0.857. The molecule has 3 rings (SSSR count). The third kappa shape index (κ3) is 4.72. The molecule has 0 saturated carbocycles. The number of aromatic nitrogens is 4. The molecule has 1 aliphatic rings. The average Bonchev–Trinajstić information content (AvgIpc) is 2.84. The predicted octanol–water partition coefficient (Wildman–Crippen LogP) is 2.52. The van der Waals surface area contributed by atoms with Crippen LogP contribution >= 0.6 is 0 Å². The van der Waals surface area contributed by atoms with Crippen LogP contribution in [-0.2, 0) is 19.6 Å². The van der Waals surface area contributed by atoms with Gasteiger partial charge in [-0.3, -0.25) is 9.58 Å². The van der Waals surface area contributed by atoms with Gasteiger partial charge in [-0.1, -0.05) is 13.8 Å². The summed E-state index contributed by atoms with van der Waals surface area (Å²) in [5.41, 5.74) is 3.33. The van der Waals surface area contributed by atoms with Gasteiger partial charge in [-0.25, -0.2) is 4.98 Å². The summed E-state index contributed by atoms with van der Waals surface area (Å²) in [5.74, 6) is 2.25. The van der Waals surface area contributed by atoms with Gasteiger partial charge in [-0.15, -0.1) is 0 Å². The van der Waals surface area contributed by atoms with Gasteiger partial charge >= 0.3 is 0 Å². The Bertz CT molecular complexity index is 735. The van der Waals surface area contributed by atoms with Crippen LogP contribution in [0.2, 0.25) is 0 Å². The van der Waals surface area contributed by atoms with Gasteiger partial charge in [0, 0.05) is 52.0 Å². The minimum atomic E-state index is 0.674. The molecular weight excluding hydrogens is 326 g/mol. The number of fused-ring (bicyclic) bond motifs is 1. The lowest BCUT2D eigenvalue weighted by Crippen LogP contribution is -2.27. The molecule has 0 aliphatic carbocycles. The molecule has 26 heavy (non-hydrogen) atoms. The molecule has 1 aliphatic heterocycles. The largest absolute Gasteiger partial charge is 0.364 e. The van der Waals surface area contributed by atoms with E-state index in [2.05, 4.69) is 44.8 Å². The van der Waals surface area contributed by atoms with E-state index in [1.54, 1.807) is 0 Å². The predicted molar refractivity (Wildman–Crippen MR) is 105 cm³/mol. The molecule has 0 atom stereocenters. The lowest BCUT2D eigenvalue weighted by molar-refractivity contribution is 0.239. The third-order valence-electron chi connectivity index (χ3n) is 4.46. The van der Waals surface area contributed by atoms with E-state index < -0.39 is 0 Å². The van der Waals surface area contributed by atoms with Crippen LogP contribution in [0.3, 0.4) is 0 Å². The van der Waals surface area contributed by atoms with E-state index in [9.17, 15) is 0 Å². The molecule has 0 saturated heterocycles. The van der Waals surface area contributed by atoms with Crippen molar-refractivity contribution in [2.45, 2.75) is 46.8 Å². The first-order valence-electron chi connectivity index (χ1n) is 9.45. The monoisotopic (exact) mass is 357 g/mol. The smallest absolute Gasteiger partial charge is 0.226 e. The topological polar surface area (TPSA) is 62.1 Å². The van der Waals surface area contributed by atoms with Crippen LogP contribution in [0.4, 0.5) is 11.8 Å². The lowest BCUT2D eigenvalue weighted by Gasteiger charge is -2.21. The highest BCUT2D eigenvalue weighted by Crippen LogP contribution is 2.17. The second-order valence-corrected chi connectivity index (χ2v) is 7.78. The molecule has 7 nitrogen and oxygen atoms in total. The number of nitrogens with one attached hydrogen (secondary N) is 1. The Balaban J connectivity index is 1.67. The molecule has 142 valence electrons. The standard InChI is InChI=1S/C19H31N7/c1-14(2)12-25-7-6-8-26-17(13-25)10-16(23-26)11-20-18-9-15(3)21-19(22-18)24(4)5/h9-10,14H,6-8,11-13H2,1-5H3,(H,20,21,22). The van der Waals surface area contributed by atoms with Gasteiger partial charge in [0.15, 0.2) is 0 Å².